The molecule has 1 rings (SSSR count). The molecule has 1 saturated heterocycles. The van der Waals surface area contributed by atoms with Crippen LogP contribution < -0.4 is 0 Å². The summed E-state index contributed by atoms with van der Waals surface area (Å²) < 4.78 is 17.0. The Labute approximate surface area is 210 Å². The van der Waals surface area contributed by atoms with Crippen LogP contribution in [0.3, 0.4) is 0 Å². The molecule has 0 unspecified atom stereocenters. The van der Waals surface area contributed by atoms with Crippen molar-refractivity contribution in [2.45, 2.75) is 154 Å². The van der Waals surface area contributed by atoms with Crippen LogP contribution in [0.2, 0.25) is 0 Å². The van der Waals surface area contributed by atoms with Gasteiger partial charge in [-0.3, -0.25) is 9.59 Å². The van der Waals surface area contributed by atoms with Gasteiger partial charge in [-0.05, 0) is 26.2 Å². The van der Waals surface area contributed by atoms with E-state index in [9.17, 15) is 30.0 Å². The van der Waals surface area contributed by atoms with Gasteiger partial charge in [0.1, 0.15) is 24.4 Å². The molecular formula is C26H48O9. The number of carboxylic acids is 1. The summed E-state index contributed by atoms with van der Waals surface area (Å²) in [6.45, 7) is 5.82. The van der Waals surface area contributed by atoms with Gasteiger partial charge >= 0.3 is 11.9 Å². The van der Waals surface area contributed by atoms with Crippen molar-refractivity contribution in [2.24, 2.45) is 0 Å². The molecule has 0 saturated carbocycles. The summed E-state index contributed by atoms with van der Waals surface area (Å²) in [5, 5.41) is 39.5. The molecule has 0 aromatic carbocycles. The summed E-state index contributed by atoms with van der Waals surface area (Å²) in [5.74, 6) is -1.57. The zero-order chi connectivity index (χ0) is 26.2. The molecule has 35 heavy (non-hydrogen) atoms. The highest BCUT2D eigenvalue weighted by Crippen LogP contribution is 2.25. The molecule has 0 aliphatic carbocycles. The predicted octanol–water partition coefficient (Wildman–Crippen LogP) is 3.70. The van der Waals surface area contributed by atoms with Crippen LogP contribution in [-0.2, 0) is 23.8 Å². The Balaban J connectivity index is 2.72. The average Bonchev–Trinajstić information content (AvgIpc) is 2.80. The van der Waals surface area contributed by atoms with Crippen molar-refractivity contribution in [1.82, 2.24) is 0 Å². The molecule has 0 radical (unpaired) electrons. The summed E-state index contributed by atoms with van der Waals surface area (Å²) >= 11 is 0. The fraction of sp³-hybridized carbons (Fsp3) is 0.923. The van der Waals surface area contributed by atoms with Crippen LogP contribution in [0.25, 0.3) is 0 Å². The summed E-state index contributed by atoms with van der Waals surface area (Å²) in [7, 11) is 0. The van der Waals surface area contributed by atoms with Gasteiger partial charge in [0.25, 0.3) is 0 Å². The molecule has 9 heteroatoms. The van der Waals surface area contributed by atoms with Gasteiger partial charge in [-0.25, -0.2) is 0 Å². The van der Waals surface area contributed by atoms with Crippen LogP contribution in [0.15, 0.2) is 0 Å². The molecule has 9 nitrogen and oxygen atoms in total. The normalized spacial score (nSPS) is 26.3. The van der Waals surface area contributed by atoms with Crippen molar-refractivity contribution in [1.29, 1.82) is 0 Å². The zero-order valence-corrected chi connectivity index (χ0v) is 21.8. The van der Waals surface area contributed by atoms with E-state index in [1.807, 2.05) is 0 Å². The second kappa shape index (κ2) is 18.1. The molecular weight excluding hydrogens is 456 g/mol. The summed E-state index contributed by atoms with van der Waals surface area (Å²) in [4.78, 5) is 24.0. The van der Waals surface area contributed by atoms with Gasteiger partial charge in [0.15, 0.2) is 6.29 Å². The lowest BCUT2D eigenvalue weighted by atomic mass is 9.99. The number of carbonyl (C=O) groups excluding carboxylic acids is 1. The van der Waals surface area contributed by atoms with E-state index in [1.165, 1.54) is 0 Å². The molecule has 4 N–H and O–H groups in total. The maximum atomic E-state index is 12.7. The van der Waals surface area contributed by atoms with Crippen LogP contribution in [0.1, 0.15) is 111 Å². The van der Waals surface area contributed by atoms with E-state index in [1.54, 1.807) is 6.92 Å². The van der Waals surface area contributed by atoms with Crippen LogP contribution >= 0.6 is 0 Å². The second-order valence-corrected chi connectivity index (χ2v) is 9.76. The number of rotatable bonds is 19. The Kier molecular flexibility index (Phi) is 16.4. The Morgan fingerprint density at radius 3 is 1.86 bits per heavy atom. The second-order valence-electron chi connectivity index (χ2n) is 9.76. The molecule has 206 valence electrons. The quantitative estimate of drug-likeness (QED) is 0.153. The topological polar surface area (TPSA) is 143 Å². The first-order valence-electron chi connectivity index (χ1n) is 13.5. The third-order valence-corrected chi connectivity index (χ3v) is 6.49. The number of unbranched alkanes of at least 4 members (excludes halogenated alkanes) is 8. The van der Waals surface area contributed by atoms with Crippen LogP contribution in [-0.4, -0.2) is 75.3 Å². The Bertz CT molecular complexity index is 585. The minimum Gasteiger partial charge on any atom is -0.481 e. The SMILES string of the molecule is CCCCCCC[C@H](CC(=O)O)OC(=O)C[C@@H](CCCCCCC)O[C@H]1O[C@@H](C)[C@H](O)[C@@H](O)[C@H]1O. The number of ether oxygens (including phenoxy) is 3. The molecule has 1 aliphatic heterocycles. The number of aliphatic carboxylic acids is 1. The molecule has 0 bridgehead atoms. The smallest absolute Gasteiger partial charge is 0.308 e. The van der Waals surface area contributed by atoms with E-state index in [0.29, 0.717) is 12.8 Å². The maximum Gasteiger partial charge on any atom is 0.308 e. The van der Waals surface area contributed by atoms with Crippen molar-refractivity contribution < 1.29 is 44.2 Å². The monoisotopic (exact) mass is 504 g/mol. The zero-order valence-electron chi connectivity index (χ0n) is 21.8. The predicted molar refractivity (Wildman–Crippen MR) is 131 cm³/mol. The number of hydrogen-bond donors (Lipinski definition) is 4. The van der Waals surface area contributed by atoms with Crippen molar-refractivity contribution >= 4 is 11.9 Å². The van der Waals surface area contributed by atoms with E-state index < -0.39 is 54.9 Å². The first-order chi connectivity index (χ1) is 16.7. The highest BCUT2D eigenvalue weighted by molar-refractivity contribution is 5.72. The average molecular weight is 505 g/mol. The molecule has 7 atom stereocenters. The van der Waals surface area contributed by atoms with E-state index in [-0.39, 0.29) is 12.8 Å². The number of carboxylic acid groups (broad SMARTS) is 1. The van der Waals surface area contributed by atoms with Gasteiger partial charge in [0.2, 0.25) is 0 Å². The van der Waals surface area contributed by atoms with Crippen molar-refractivity contribution in [3.63, 3.8) is 0 Å². The van der Waals surface area contributed by atoms with E-state index in [4.69, 9.17) is 14.2 Å². The number of hydrogen-bond acceptors (Lipinski definition) is 8. The van der Waals surface area contributed by atoms with Gasteiger partial charge < -0.3 is 34.6 Å². The summed E-state index contributed by atoms with van der Waals surface area (Å²) in [6, 6.07) is 0. The minimum atomic E-state index is -1.46. The number of aliphatic hydroxyl groups is 3. The van der Waals surface area contributed by atoms with Gasteiger partial charge in [0.05, 0.1) is 25.0 Å². The van der Waals surface area contributed by atoms with E-state index in [2.05, 4.69) is 13.8 Å². The third kappa shape index (κ3) is 13.0. The van der Waals surface area contributed by atoms with Crippen molar-refractivity contribution in [3.8, 4) is 0 Å². The molecule has 1 aliphatic rings. The van der Waals surface area contributed by atoms with E-state index >= 15 is 0 Å². The fourth-order valence-corrected chi connectivity index (χ4v) is 4.30. The number of aliphatic hydroxyl groups excluding tert-OH is 3. The lowest BCUT2D eigenvalue weighted by molar-refractivity contribution is -0.304. The first kappa shape index (κ1) is 31.8. The van der Waals surface area contributed by atoms with E-state index in [0.717, 1.165) is 64.2 Å². The standard InChI is InChI=1S/C26H48O9/c1-4-6-8-10-12-14-19(16-21(27)28)34-22(29)17-20(15-13-11-9-7-5-2)35-26-25(32)24(31)23(30)18(3)33-26/h18-20,23-26,30-32H,4-17H2,1-3H3,(H,27,28)/t18-,19+,20+,23-,24+,25+,26+/m0/s1. The highest BCUT2D eigenvalue weighted by Gasteiger charge is 2.43. The minimum absolute atomic E-state index is 0.112. The molecule has 0 amide bonds. The number of esters is 1. The Hall–Kier alpha value is -1.26. The largest absolute Gasteiger partial charge is 0.481 e. The fourth-order valence-electron chi connectivity index (χ4n) is 4.30. The first-order valence-corrected chi connectivity index (χ1v) is 13.5. The Morgan fingerprint density at radius 1 is 0.771 bits per heavy atom. The third-order valence-electron chi connectivity index (χ3n) is 6.49. The van der Waals surface area contributed by atoms with Gasteiger partial charge in [-0.15, -0.1) is 0 Å². The summed E-state index contributed by atoms with van der Waals surface area (Å²) in [6.07, 6.45) is 3.42. The van der Waals surface area contributed by atoms with Gasteiger partial charge in [-0.2, -0.15) is 0 Å². The van der Waals surface area contributed by atoms with Gasteiger partial charge in [0, 0.05) is 0 Å². The van der Waals surface area contributed by atoms with Crippen LogP contribution in [0.5, 0.6) is 0 Å². The van der Waals surface area contributed by atoms with Crippen LogP contribution in [0.4, 0.5) is 0 Å². The van der Waals surface area contributed by atoms with Crippen molar-refractivity contribution in [3.05, 3.63) is 0 Å². The van der Waals surface area contributed by atoms with Crippen molar-refractivity contribution in [2.75, 3.05) is 0 Å². The molecule has 0 spiro atoms. The summed E-state index contributed by atoms with van der Waals surface area (Å²) in [5.41, 5.74) is 0. The molecule has 0 aromatic rings. The highest BCUT2D eigenvalue weighted by atomic mass is 16.7. The molecule has 1 fully saturated rings. The lowest BCUT2D eigenvalue weighted by Gasteiger charge is -2.40. The maximum absolute atomic E-state index is 12.7. The molecule has 0 aromatic heterocycles. The van der Waals surface area contributed by atoms with Crippen LogP contribution in [0, 0.1) is 0 Å². The molecule has 1 heterocycles. The lowest BCUT2D eigenvalue weighted by Crippen LogP contribution is -2.58. The van der Waals surface area contributed by atoms with Gasteiger partial charge in [-0.1, -0.05) is 71.6 Å². The Morgan fingerprint density at radius 2 is 1.31 bits per heavy atom. The number of carbonyl (C=O) groups is 2.